The number of piperidine rings is 1. The molecule has 1 aliphatic heterocycles. The maximum atomic E-state index is 5.30. The Hall–Kier alpha value is -2.52. The first-order valence-corrected chi connectivity index (χ1v) is 10.3. The third-order valence-electron chi connectivity index (χ3n) is 6.79. The van der Waals surface area contributed by atoms with Gasteiger partial charge in [0.25, 0.3) is 0 Å². The van der Waals surface area contributed by atoms with Crippen molar-refractivity contribution in [2.24, 2.45) is 0 Å². The molecule has 2 aliphatic rings. The van der Waals surface area contributed by atoms with E-state index in [2.05, 4.69) is 53.4 Å². The van der Waals surface area contributed by atoms with Gasteiger partial charge in [0.05, 0.1) is 19.6 Å². The van der Waals surface area contributed by atoms with Crippen LogP contribution in [0.5, 0.6) is 5.75 Å². The van der Waals surface area contributed by atoms with Gasteiger partial charge < -0.3 is 9.15 Å². The van der Waals surface area contributed by atoms with Crippen molar-refractivity contribution < 1.29 is 9.15 Å². The molecule has 0 N–H and O–H groups in total. The first kappa shape index (κ1) is 17.6. The molecule has 0 bridgehead atoms. The highest BCUT2D eigenvalue weighted by Gasteiger charge is 2.41. The standard InChI is InChI=1S/C25H27NO2/c1-27-23-6-2-19(3-7-23)17-26-13-11-25(12-14-26)10-8-20-4-5-21(16-24(20)25)22-9-15-28-18-22/h2-7,9,15-16,18H,8,10-14,17H2,1H3. The lowest BCUT2D eigenvalue weighted by molar-refractivity contribution is 0.152. The number of furan rings is 1. The minimum absolute atomic E-state index is 0.367. The molecule has 2 aromatic carbocycles. The maximum Gasteiger partial charge on any atom is 0.118 e. The van der Waals surface area contributed by atoms with Gasteiger partial charge in [0.2, 0.25) is 0 Å². The van der Waals surface area contributed by atoms with E-state index in [4.69, 9.17) is 9.15 Å². The van der Waals surface area contributed by atoms with Crippen LogP contribution >= 0.6 is 0 Å². The number of hydrogen-bond acceptors (Lipinski definition) is 3. The fourth-order valence-electron chi connectivity index (χ4n) is 5.05. The number of rotatable bonds is 4. The average Bonchev–Trinajstić information content (AvgIpc) is 3.40. The minimum atomic E-state index is 0.367. The van der Waals surface area contributed by atoms with Crippen LogP contribution < -0.4 is 4.74 Å². The summed E-state index contributed by atoms with van der Waals surface area (Å²) >= 11 is 0. The van der Waals surface area contributed by atoms with Crippen molar-refractivity contribution in [3.63, 3.8) is 0 Å². The predicted octanol–water partition coefficient (Wildman–Crippen LogP) is 5.44. The summed E-state index contributed by atoms with van der Waals surface area (Å²) in [6, 6.07) is 17.6. The van der Waals surface area contributed by atoms with Crippen LogP contribution in [0, 0.1) is 0 Å². The molecule has 0 saturated carbocycles. The van der Waals surface area contributed by atoms with Crippen LogP contribution in [0.2, 0.25) is 0 Å². The summed E-state index contributed by atoms with van der Waals surface area (Å²) in [4.78, 5) is 2.60. The highest BCUT2D eigenvalue weighted by molar-refractivity contribution is 5.65. The van der Waals surface area contributed by atoms with E-state index in [1.165, 1.54) is 55.5 Å². The van der Waals surface area contributed by atoms with E-state index in [-0.39, 0.29) is 0 Å². The lowest BCUT2D eigenvalue weighted by Gasteiger charge is -2.40. The molecule has 0 radical (unpaired) electrons. The lowest BCUT2D eigenvalue weighted by Crippen LogP contribution is -2.41. The van der Waals surface area contributed by atoms with Crippen LogP contribution in [0.1, 0.15) is 36.0 Å². The molecule has 1 spiro atoms. The van der Waals surface area contributed by atoms with Crippen molar-refractivity contribution >= 4 is 0 Å². The molecule has 0 unspecified atom stereocenters. The van der Waals surface area contributed by atoms with Gasteiger partial charge in [-0.15, -0.1) is 0 Å². The van der Waals surface area contributed by atoms with Gasteiger partial charge in [0.15, 0.2) is 0 Å². The minimum Gasteiger partial charge on any atom is -0.497 e. The summed E-state index contributed by atoms with van der Waals surface area (Å²) in [6.45, 7) is 3.37. The number of hydrogen-bond donors (Lipinski definition) is 0. The highest BCUT2D eigenvalue weighted by atomic mass is 16.5. The molecule has 5 rings (SSSR count). The van der Waals surface area contributed by atoms with Gasteiger partial charge in [0, 0.05) is 12.1 Å². The molecule has 3 aromatic rings. The van der Waals surface area contributed by atoms with Crippen molar-refractivity contribution in [2.75, 3.05) is 20.2 Å². The largest absolute Gasteiger partial charge is 0.497 e. The number of ether oxygens (including phenoxy) is 1. The molecule has 1 aromatic heterocycles. The fourth-order valence-corrected chi connectivity index (χ4v) is 5.05. The zero-order chi connectivity index (χ0) is 19.0. The average molecular weight is 373 g/mol. The zero-order valence-electron chi connectivity index (χ0n) is 16.5. The molecule has 2 heterocycles. The first-order chi connectivity index (χ1) is 13.8. The van der Waals surface area contributed by atoms with Crippen molar-refractivity contribution in [1.29, 1.82) is 0 Å². The summed E-state index contributed by atoms with van der Waals surface area (Å²) in [7, 11) is 1.72. The van der Waals surface area contributed by atoms with Crippen LogP contribution in [-0.2, 0) is 18.4 Å². The van der Waals surface area contributed by atoms with E-state index in [9.17, 15) is 0 Å². The van der Waals surface area contributed by atoms with Gasteiger partial charge in [-0.1, -0.05) is 30.3 Å². The smallest absolute Gasteiger partial charge is 0.118 e. The molecule has 1 saturated heterocycles. The molecule has 1 aliphatic carbocycles. The van der Waals surface area contributed by atoms with Crippen molar-refractivity contribution in [3.8, 4) is 16.9 Å². The summed E-state index contributed by atoms with van der Waals surface area (Å²) in [5.41, 5.74) is 7.35. The van der Waals surface area contributed by atoms with Crippen LogP contribution in [-0.4, -0.2) is 25.1 Å². The van der Waals surface area contributed by atoms with Gasteiger partial charge in [-0.3, -0.25) is 4.90 Å². The molecule has 144 valence electrons. The van der Waals surface area contributed by atoms with Gasteiger partial charge in [-0.05, 0) is 84.6 Å². The lowest BCUT2D eigenvalue weighted by atomic mass is 9.73. The second-order valence-electron chi connectivity index (χ2n) is 8.29. The summed E-state index contributed by atoms with van der Waals surface area (Å²) in [5, 5.41) is 0. The molecule has 0 amide bonds. The van der Waals surface area contributed by atoms with Crippen LogP contribution in [0.3, 0.4) is 0 Å². The topological polar surface area (TPSA) is 25.6 Å². The number of likely N-dealkylation sites (tertiary alicyclic amines) is 1. The molecule has 3 nitrogen and oxygen atoms in total. The number of methoxy groups -OCH3 is 1. The Morgan fingerprint density at radius 1 is 0.964 bits per heavy atom. The predicted molar refractivity (Wildman–Crippen MR) is 112 cm³/mol. The van der Waals surface area contributed by atoms with Crippen molar-refractivity contribution in [3.05, 3.63) is 77.7 Å². The Morgan fingerprint density at radius 2 is 1.79 bits per heavy atom. The van der Waals surface area contributed by atoms with E-state index in [1.54, 1.807) is 24.5 Å². The van der Waals surface area contributed by atoms with Crippen LogP contribution in [0.4, 0.5) is 0 Å². The van der Waals surface area contributed by atoms with Gasteiger partial charge in [-0.25, -0.2) is 0 Å². The third-order valence-corrected chi connectivity index (χ3v) is 6.79. The molecular weight excluding hydrogens is 346 g/mol. The van der Waals surface area contributed by atoms with Crippen LogP contribution in [0.15, 0.2) is 65.5 Å². The van der Waals surface area contributed by atoms with Gasteiger partial charge >= 0.3 is 0 Å². The number of nitrogens with zero attached hydrogens (tertiary/aromatic N) is 1. The van der Waals surface area contributed by atoms with Gasteiger partial charge in [-0.2, -0.15) is 0 Å². The Labute approximate surface area is 166 Å². The summed E-state index contributed by atoms with van der Waals surface area (Å²) in [5.74, 6) is 0.928. The Bertz CT molecular complexity index is 935. The molecule has 28 heavy (non-hydrogen) atoms. The number of aryl methyl sites for hydroxylation is 1. The SMILES string of the molecule is COc1ccc(CN2CCC3(CCc4ccc(-c5ccoc5)cc43)CC2)cc1. The van der Waals surface area contributed by atoms with E-state index in [0.717, 1.165) is 12.3 Å². The Morgan fingerprint density at radius 3 is 2.50 bits per heavy atom. The molecule has 3 heteroatoms. The second kappa shape index (κ2) is 7.14. The highest BCUT2D eigenvalue weighted by Crippen LogP contribution is 2.47. The van der Waals surface area contributed by atoms with Gasteiger partial charge in [0.1, 0.15) is 5.75 Å². The van der Waals surface area contributed by atoms with E-state index in [1.807, 2.05) is 6.26 Å². The van der Waals surface area contributed by atoms with Crippen molar-refractivity contribution in [1.82, 2.24) is 4.90 Å². The zero-order valence-corrected chi connectivity index (χ0v) is 16.5. The number of fused-ring (bicyclic) bond motifs is 2. The monoisotopic (exact) mass is 373 g/mol. The molecule has 0 atom stereocenters. The Balaban J connectivity index is 1.31. The fraction of sp³-hybridized carbons (Fsp3) is 0.360. The summed E-state index contributed by atoms with van der Waals surface area (Å²) < 4.78 is 10.6. The van der Waals surface area contributed by atoms with E-state index in [0.29, 0.717) is 5.41 Å². The number of benzene rings is 2. The van der Waals surface area contributed by atoms with E-state index >= 15 is 0 Å². The third kappa shape index (κ3) is 3.14. The normalized spacial score (nSPS) is 18.3. The quantitative estimate of drug-likeness (QED) is 0.609. The van der Waals surface area contributed by atoms with Crippen molar-refractivity contribution in [2.45, 2.75) is 37.6 Å². The molecular formula is C25H27NO2. The Kier molecular flexibility index (Phi) is 4.48. The first-order valence-electron chi connectivity index (χ1n) is 10.3. The van der Waals surface area contributed by atoms with E-state index < -0.39 is 0 Å². The molecule has 1 fully saturated rings. The van der Waals surface area contributed by atoms with Crippen LogP contribution in [0.25, 0.3) is 11.1 Å². The summed E-state index contributed by atoms with van der Waals surface area (Å²) in [6.07, 6.45) is 8.64. The second-order valence-corrected chi connectivity index (χ2v) is 8.29. The maximum absolute atomic E-state index is 5.30.